The molecule has 0 saturated carbocycles. The van der Waals surface area contributed by atoms with E-state index in [2.05, 4.69) is 46.2 Å². The fourth-order valence-electron chi connectivity index (χ4n) is 4.91. The molecule has 4 aromatic rings. The second-order valence-electron chi connectivity index (χ2n) is 9.82. The van der Waals surface area contributed by atoms with Gasteiger partial charge in [0.1, 0.15) is 67.0 Å². The summed E-state index contributed by atoms with van der Waals surface area (Å²) in [5.74, 6) is 0.118. The van der Waals surface area contributed by atoms with E-state index < -0.39 is 75.7 Å². The van der Waals surface area contributed by atoms with Gasteiger partial charge in [-0.05, 0) is 0 Å². The third-order valence-electron chi connectivity index (χ3n) is 7.02. The molecular formula is C20H23N10O11P2S2-3. The summed E-state index contributed by atoms with van der Waals surface area (Å²) in [4.78, 5) is 60.3. The average molecular weight is 706 g/mol. The van der Waals surface area contributed by atoms with Crippen LogP contribution in [0.2, 0.25) is 0 Å². The first-order chi connectivity index (χ1) is 21.2. The van der Waals surface area contributed by atoms with Crippen LogP contribution in [0.4, 0.5) is 11.6 Å². The van der Waals surface area contributed by atoms with Crippen LogP contribution in [0.1, 0.15) is 12.5 Å². The summed E-state index contributed by atoms with van der Waals surface area (Å²) in [6, 6.07) is 0. The minimum atomic E-state index is -4.64. The number of fused-ring (bicyclic) bond motifs is 2. The zero-order valence-electron chi connectivity index (χ0n) is 22.4. The molecule has 7 N–H and O–H groups in total. The molecule has 6 rings (SSSR count). The monoisotopic (exact) mass is 705 g/mol. The van der Waals surface area contributed by atoms with Crippen molar-refractivity contribution in [3.8, 4) is 0 Å². The van der Waals surface area contributed by atoms with E-state index in [-0.39, 0.29) is 34.0 Å². The van der Waals surface area contributed by atoms with Crippen molar-refractivity contribution in [2.45, 2.75) is 49.1 Å². The molecular weight excluding hydrogens is 682 g/mol. The van der Waals surface area contributed by atoms with Crippen LogP contribution in [-0.2, 0) is 46.7 Å². The smallest absolute Gasteiger partial charge is 0.167 e. The lowest BCUT2D eigenvalue weighted by Gasteiger charge is -2.35. The van der Waals surface area contributed by atoms with Crippen molar-refractivity contribution < 1.29 is 53.0 Å². The van der Waals surface area contributed by atoms with Crippen LogP contribution in [0.25, 0.3) is 22.3 Å². The third kappa shape index (κ3) is 6.43. The molecule has 45 heavy (non-hydrogen) atoms. The zero-order chi connectivity index (χ0) is 32.3. The van der Waals surface area contributed by atoms with Gasteiger partial charge in [0, 0.05) is 0 Å². The normalized spacial score (nSPS) is 30.4. The van der Waals surface area contributed by atoms with Crippen molar-refractivity contribution in [3.05, 3.63) is 25.3 Å². The van der Waals surface area contributed by atoms with Gasteiger partial charge in [-0.1, -0.05) is 18.5 Å². The molecule has 9 atom stereocenters. The van der Waals surface area contributed by atoms with Gasteiger partial charge < -0.3 is 64.5 Å². The van der Waals surface area contributed by atoms with Crippen LogP contribution in [0.5, 0.6) is 0 Å². The molecule has 2 fully saturated rings. The molecule has 0 bridgehead atoms. The predicted octanol–water partition coefficient (Wildman–Crippen LogP) is -4.34. The first-order valence-corrected chi connectivity index (χ1v) is 17.9. The van der Waals surface area contributed by atoms with Crippen LogP contribution < -0.4 is 26.1 Å². The first kappa shape index (κ1) is 32.5. The molecule has 2 aliphatic heterocycles. The van der Waals surface area contributed by atoms with Gasteiger partial charge in [0.15, 0.2) is 35.4 Å². The lowest BCUT2D eigenvalue weighted by atomic mass is 10.1. The molecule has 0 aromatic carbocycles. The molecule has 25 heteroatoms. The largest absolute Gasteiger partial charge is 0.812 e. The van der Waals surface area contributed by atoms with Crippen molar-refractivity contribution >= 4 is 71.0 Å². The van der Waals surface area contributed by atoms with Gasteiger partial charge in [-0.25, -0.2) is 29.9 Å². The van der Waals surface area contributed by atoms with Gasteiger partial charge in [-0.3, -0.25) is 9.13 Å². The standard InChI is InChI=1S/C20H26N10O11P2S2/c21-15-9-17(25-3-23-15)29(5-27-9)19-13(33)11(31)7(39-19)2-38-43(36,45)41-14-12(32)8(1-37-42(34,35)44)40-20(14)30-6-28-10-16(22)24-4-26-18(10)30/h3-8,11-14,19-20,31-33H,1-2H2,(H,36,45)(H2,21,23,25)(H2,22,24,26)(H2,34,35,44)/p-3/t7-,8-,11-,12-,13-,14-,19-,20-,43?/m1/s1. The Kier molecular flexibility index (Phi) is 8.88. The number of ether oxygens (including phenoxy) is 2. The van der Waals surface area contributed by atoms with Gasteiger partial charge in [0.25, 0.3) is 0 Å². The van der Waals surface area contributed by atoms with E-state index in [1.807, 2.05) is 0 Å². The van der Waals surface area contributed by atoms with E-state index in [9.17, 15) is 30.0 Å². The molecule has 0 spiro atoms. The van der Waals surface area contributed by atoms with E-state index >= 15 is 0 Å². The van der Waals surface area contributed by atoms with Crippen LogP contribution in [0.15, 0.2) is 25.3 Å². The van der Waals surface area contributed by atoms with Crippen molar-refractivity contribution in [2.75, 3.05) is 24.7 Å². The Bertz CT molecular complexity index is 1810. The number of anilines is 2. The summed E-state index contributed by atoms with van der Waals surface area (Å²) in [6.45, 7) is -10.5. The summed E-state index contributed by atoms with van der Waals surface area (Å²) < 4.78 is 29.7. The average Bonchev–Trinajstić information content (AvgIpc) is 3.73. The minimum Gasteiger partial charge on any atom is -0.812 e. The maximum atomic E-state index is 13.4. The lowest BCUT2D eigenvalue weighted by Crippen LogP contribution is -2.37. The molecule has 244 valence electrons. The summed E-state index contributed by atoms with van der Waals surface area (Å²) in [5.41, 5.74) is 12.4. The Morgan fingerprint density at radius 1 is 0.756 bits per heavy atom. The fourth-order valence-corrected chi connectivity index (χ4v) is 6.82. The highest BCUT2D eigenvalue weighted by Crippen LogP contribution is 2.48. The number of nitrogen functional groups attached to an aromatic ring is 2. The Hall–Kier alpha value is -2.44. The topological polar surface area (TPSA) is 315 Å². The maximum Gasteiger partial charge on any atom is 0.167 e. The Balaban J connectivity index is 1.19. The summed E-state index contributed by atoms with van der Waals surface area (Å²) in [6.07, 6.45) is -6.62. The van der Waals surface area contributed by atoms with E-state index in [1.165, 1.54) is 28.1 Å². The molecule has 0 radical (unpaired) electrons. The van der Waals surface area contributed by atoms with E-state index in [0.29, 0.717) is 0 Å². The van der Waals surface area contributed by atoms with Gasteiger partial charge in [-0.2, -0.15) is 0 Å². The Morgan fingerprint density at radius 3 is 1.84 bits per heavy atom. The second-order valence-corrected chi connectivity index (χ2v) is 15.0. The number of nitrogens with two attached hydrogens (primary N) is 2. The number of imidazole rings is 2. The molecule has 6 heterocycles. The number of aromatic nitrogens is 8. The van der Waals surface area contributed by atoms with Gasteiger partial charge in [0.2, 0.25) is 0 Å². The number of aliphatic hydroxyl groups excluding tert-OH is 3. The Morgan fingerprint density at radius 2 is 1.27 bits per heavy atom. The lowest BCUT2D eigenvalue weighted by molar-refractivity contribution is -0.322. The van der Waals surface area contributed by atoms with Crippen molar-refractivity contribution in [1.82, 2.24) is 39.0 Å². The highest BCUT2D eigenvalue weighted by molar-refractivity contribution is 8.06. The number of nitrogens with zero attached hydrogens (tertiary/aromatic N) is 8. The maximum absolute atomic E-state index is 13.4. The molecule has 0 amide bonds. The molecule has 2 aliphatic rings. The van der Waals surface area contributed by atoms with Gasteiger partial charge >= 0.3 is 0 Å². The molecule has 2 saturated heterocycles. The molecule has 4 aromatic heterocycles. The molecule has 21 nitrogen and oxygen atoms in total. The summed E-state index contributed by atoms with van der Waals surface area (Å²) in [7, 11) is 0. The molecule has 1 unspecified atom stereocenters. The van der Waals surface area contributed by atoms with Crippen LogP contribution in [-0.4, -0.2) is 104 Å². The quantitative estimate of drug-likeness (QED) is 0.0973. The van der Waals surface area contributed by atoms with Gasteiger partial charge in [-0.15, -0.1) is 11.8 Å². The minimum absolute atomic E-state index is 0.0283. The highest BCUT2D eigenvalue weighted by Gasteiger charge is 2.48. The van der Waals surface area contributed by atoms with Crippen molar-refractivity contribution in [1.29, 1.82) is 0 Å². The van der Waals surface area contributed by atoms with Gasteiger partial charge in [0.05, 0.1) is 25.9 Å². The predicted molar refractivity (Wildman–Crippen MR) is 151 cm³/mol. The number of aliphatic hydroxyl groups is 3. The van der Waals surface area contributed by atoms with E-state index in [4.69, 9.17) is 41.8 Å². The second kappa shape index (κ2) is 12.3. The van der Waals surface area contributed by atoms with Crippen LogP contribution in [0.3, 0.4) is 0 Å². The van der Waals surface area contributed by atoms with E-state index in [1.54, 1.807) is 0 Å². The van der Waals surface area contributed by atoms with Crippen LogP contribution >= 0.6 is 13.4 Å². The van der Waals surface area contributed by atoms with E-state index in [0.717, 1.165) is 6.33 Å². The Labute approximate surface area is 261 Å². The third-order valence-corrected chi connectivity index (χ3v) is 9.34. The summed E-state index contributed by atoms with van der Waals surface area (Å²) in [5, 5.41) is 32.4. The zero-order valence-corrected chi connectivity index (χ0v) is 25.8. The highest BCUT2D eigenvalue weighted by atomic mass is 32.5. The molecule has 0 aliphatic carbocycles. The summed E-state index contributed by atoms with van der Waals surface area (Å²) >= 11 is 9.31. The first-order valence-electron chi connectivity index (χ1n) is 12.8. The number of rotatable bonds is 10. The van der Waals surface area contributed by atoms with Crippen LogP contribution in [0, 0.1) is 0 Å². The SMILES string of the molecule is Nc1ncnc2c1ncn2[C@@H]1O[C@H](COP([O-])(=S)O[C@@H]2[C@H](O)[C@@H](COP([O-])([O-])=S)O[C@H]2n2cnc3c(N)ncnc32)[C@@H](O)[C@H]1O. The number of hydrogen-bond donors (Lipinski definition) is 5. The van der Waals surface area contributed by atoms with Crippen molar-refractivity contribution in [3.63, 3.8) is 0 Å². The van der Waals surface area contributed by atoms with Crippen molar-refractivity contribution in [2.24, 2.45) is 0 Å². The number of hydrogen-bond acceptors (Lipinski definition) is 21. The fraction of sp³-hybridized carbons (Fsp3) is 0.500.